The lowest BCUT2D eigenvalue weighted by atomic mass is 9.99. The Balaban J connectivity index is 2.25. The van der Waals surface area contributed by atoms with E-state index < -0.39 is 21.9 Å². The minimum absolute atomic E-state index is 0.0524. The molecule has 1 aliphatic heterocycles. The molecule has 2 heterocycles. The van der Waals surface area contributed by atoms with E-state index in [9.17, 15) is 18.0 Å². The summed E-state index contributed by atoms with van der Waals surface area (Å²) in [5, 5.41) is 2.70. The summed E-state index contributed by atoms with van der Waals surface area (Å²) in [5.41, 5.74) is 5.38. The number of nitrogens with one attached hydrogen (secondary N) is 1. The molecule has 0 bridgehead atoms. The number of aryl methyl sites for hydroxylation is 1. The SMILES string of the molecule is CCc1oc(C(=O)OC)cc1S(=O)(=O)N1CCCC(C(=O)NCCN)C1. The van der Waals surface area contributed by atoms with E-state index in [0.29, 0.717) is 38.9 Å². The largest absolute Gasteiger partial charge is 0.463 e. The Morgan fingerprint density at radius 1 is 1.46 bits per heavy atom. The van der Waals surface area contributed by atoms with Crippen molar-refractivity contribution in [3.05, 3.63) is 17.6 Å². The molecule has 0 aromatic carbocycles. The second kappa shape index (κ2) is 8.65. The fourth-order valence-corrected chi connectivity index (χ4v) is 4.68. The Morgan fingerprint density at radius 2 is 2.19 bits per heavy atom. The Labute approximate surface area is 152 Å². The van der Waals surface area contributed by atoms with Crippen LogP contribution < -0.4 is 11.1 Å². The standard InChI is InChI=1S/C16H25N3O6S/c1-3-12-14(9-13(25-12)16(21)24-2)26(22,23)19-8-4-5-11(10-19)15(20)18-7-6-17/h9,11H,3-8,10,17H2,1-2H3,(H,18,20). The number of furan rings is 1. The second-order valence-electron chi connectivity index (χ2n) is 6.03. The molecule has 1 amide bonds. The minimum Gasteiger partial charge on any atom is -0.463 e. The van der Waals surface area contributed by atoms with Gasteiger partial charge < -0.3 is 20.2 Å². The summed E-state index contributed by atoms with van der Waals surface area (Å²) in [6.45, 7) is 2.81. The second-order valence-corrected chi connectivity index (χ2v) is 7.93. The van der Waals surface area contributed by atoms with Crippen LogP contribution in [0.5, 0.6) is 0 Å². The van der Waals surface area contributed by atoms with Gasteiger partial charge in [-0.2, -0.15) is 4.31 Å². The average molecular weight is 387 g/mol. The van der Waals surface area contributed by atoms with Gasteiger partial charge in [-0.25, -0.2) is 13.2 Å². The first-order valence-corrected chi connectivity index (χ1v) is 9.98. The van der Waals surface area contributed by atoms with Gasteiger partial charge in [0.15, 0.2) is 0 Å². The van der Waals surface area contributed by atoms with E-state index in [1.54, 1.807) is 6.92 Å². The van der Waals surface area contributed by atoms with E-state index in [2.05, 4.69) is 10.1 Å². The molecule has 1 unspecified atom stereocenters. The molecule has 1 saturated heterocycles. The molecular formula is C16H25N3O6S. The third kappa shape index (κ3) is 4.25. The summed E-state index contributed by atoms with van der Waals surface area (Å²) in [4.78, 5) is 23.8. The molecule has 0 aliphatic carbocycles. The summed E-state index contributed by atoms with van der Waals surface area (Å²) in [6, 6.07) is 1.19. The number of methoxy groups -OCH3 is 1. The summed E-state index contributed by atoms with van der Waals surface area (Å²) in [5.74, 6) is -1.33. The summed E-state index contributed by atoms with van der Waals surface area (Å²) in [7, 11) is -2.69. The van der Waals surface area contributed by atoms with Crippen LogP contribution in [-0.4, -0.2) is 57.9 Å². The number of amides is 1. The minimum atomic E-state index is -3.89. The van der Waals surface area contributed by atoms with E-state index in [0.717, 1.165) is 0 Å². The molecule has 1 aromatic rings. The molecule has 1 aromatic heterocycles. The first-order chi connectivity index (χ1) is 12.3. The van der Waals surface area contributed by atoms with Gasteiger partial charge in [-0.15, -0.1) is 0 Å². The molecule has 3 N–H and O–H groups in total. The number of carbonyl (C=O) groups is 2. The maximum absolute atomic E-state index is 13.0. The molecule has 0 saturated carbocycles. The number of nitrogens with zero attached hydrogens (tertiary/aromatic N) is 1. The van der Waals surface area contributed by atoms with E-state index in [4.69, 9.17) is 10.2 Å². The molecule has 1 atom stereocenters. The van der Waals surface area contributed by atoms with Crippen molar-refractivity contribution in [1.82, 2.24) is 9.62 Å². The fraction of sp³-hybridized carbons (Fsp3) is 0.625. The average Bonchev–Trinajstić information content (AvgIpc) is 3.10. The third-order valence-corrected chi connectivity index (χ3v) is 6.21. The quantitative estimate of drug-likeness (QED) is 0.634. The molecule has 2 rings (SSSR count). The van der Waals surface area contributed by atoms with E-state index in [1.807, 2.05) is 0 Å². The maximum Gasteiger partial charge on any atom is 0.373 e. The van der Waals surface area contributed by atoms with Crippen molar-refractivity contribution < 1.29 is 27.2 Å². The number of hydrogen-bond donors (Lipinski definition) is 2. The maximum atomic E-state index is 13.0. The zero-order chi connectivity index (χ0) is 19.3. The molecular weight excluding hydrogens is 362 g/mol. The van der Waals surface area contributed by atoms with Crippen LogP contribution in [0, 0.1) is 5.92 Å². The van der Waals surface area contributed by atoms with Crippen molar-refractivity contribution >= 4 is 21.9 Å². The van der Waals surface area contributed by atoms with Crippen LogP contribution in [-0.2, 0) is 26.0 Å². The topological polar surface area (TPSA) is 132 Å². The lowest BCUT2D eigenvalue weighted by molar-refractivity contribution is -0.126. The molecule has 0 radical (unpaired) electrons. The lowest BCUT2D eigenvalue weighted by Crippen LogP contribution is -2.46. The highest BCUT2D eigenvalue weighted by Crippen LogP contribution is 2.28. The molecule has 26 heavy (non-hydrogen) atoms. The number of carbonyl (C=O) groups excluding carboxylic acids is 2. The number of ether oxygens (including phenoxy) is 1. The van der Waals surface area contributed by atoms with E-state index >= 15 is 0 Å². The Hall–Kier alpha value is -1.91. The molecule has 10 heteroatoms. The van der Waals surface area contributed by atoms with Gasteiger partial charge in [-0.05, 0) is 12.8 Å². The molecule has 1 fully saturated rings. The zero-order valence-corrected chi connectivity index (χ0v) is 15.8. The van der Waals surface area contributed by atoms with Gasteiger partial charge in [0.1, 0.15) is 10.7 Å². The Kier molecular flexibility index (Phi) is 6.79. The van der Waals surface area contributed by atoms with Crippen LogP contribution in [0.25, 0.3) is 0 Å². The first-order valence-electron chi connectivity index (χ1n) is 8.54. The number of esters is 1. The summed E-state index contributed by atoms with van der Waals surface area (Å²) < 4.78 is 37.3. The van der Waals surface area contributed by atoms with Crippen LogP contribution >= 0.6 is 0 Å². The molecule has 0 spiro atoms. The van der Waals surface area contributed by atoms with Gasteiger partial charge in [0, 0.05) is 38.7 Å². The summed E-state index contributed by atoms with van der Waals surface area (Å²) in [6.07, 6.45) is 1.49. The van der Waals surface area contributed by atoms with Crippen LogP contribution in [0.15, 0.2) is 15.4 Å². The highest BCUT2D eigenvalue weighted by Gasteiger charge is 2.36. The fourth-order valence-electron chi connectivity index (χ4n) is 2.93. The van der Waals surface area contributed by atoms with Crippen LogP contribution in [0.1, 0.15) is 36.1 Å². The molecule has 1 aliphatic rings. The number of sulfonamides is 1. The normalized spacial score (nSPS) is 18.5. The lowest BCUT2D eigenvalue weighted by Gasteiger charge is -2.31. The van der Waals surface area contributed by atoms with Crippen molar-refractivity contribution in [2.24, 2.45) is 11.7 Å². The van der Waals surface area contributed by atoms with Crippen LogP contribution in [0.2, 0.25) is 0 Å². The molecule has 146 valence electrons. The highest BCUT2D eigenvalue weighted by atomic mass is 32.2. The van der Waals surface area contributed by atoms with Crippen molar-refractivity contribution in [3.63, 3.8) is 0 Å². The smallest absolute Gasteiger partial charge is 0.373 e. The summed E-state index contributed by atoms with van der Waals surface area (Å²) >= 11 is 0. The van der Waals surface area contributed by atoms with E-state index in [-0.39, 0.29) is 28.9 Å². The Morgan fingerprint density at radius 3 is 2.81 bits per heavy atom. The van der Waals surface area contributed by atoms with Crippen molar-refractivity contribution in [1.29, 1.82) is 0 Å². The third-order valence-electron chi connectivity index (χ3n) is 4.29. The first kappa shape index (κ1) is 20.4. The van der Waals surface area contributed by atoms with Gasteiger partial charge in [0.25, 0.3) is 0 Å². The van der Waals surface area contributed by atoms with Gasteiger partial charge in [0.05, 0.1) is 13.0 Å². The van der Waals surface area contributed by atoms with Crippen molar-refractivity contribution in [2.75, 3.05) is 33.3 Å². The monoisotopic (exact) mass is 387 g/mol. The Bertz CT molecular complexity index is 758. The predicted octanol–water partition coefficient (Wildman–Crippen LogP) is 0.104. The zero-order valence-electron chi connectivity index (χ0n) is 15.0. The van der Waals surface area contributed by atoms with Gasteiger partial charge in [-0.1, -0.05) is 6.92 Å². The number of nitrogens with two attached hydrogens (primary N) is 1. The van der Waals surface area contributed by atoms with Gasteiger partial charge in [-0.3, -0.25) is 4.79 Å². The number of rotatable bonds is 7. The predicted molar refractivity (Wildman–Crippen MR) is 93.0 cm³/mol. The highest BCUT2D eigenvalue weighted by molar-refractivity contribution is 7.89. The van der Waals surface area contributed by atoms with Crippen LogP contribution in [0.4, 0.5) is 0 Å². The van der Waals surface area contributed by atoms with Gasteiger partial charge in [0.2, 0.25) is 21.7 Å². The van der Waals surface area contributed by atoms with Crippen LogP contribution in [0.3, 0.4) is 0 Å². The number of hydrogen-bond acceptors (Lipinski definition) is 7. The van der Waals surface area contributed by atoms with Crippen molar-refractivity contribution in [3.8, 4) is 0 Å². The molecule has 9 nitrogen and oxygen atoms in total. The van der Waals surface area contributed by atoms with Crippen molar-refractivity contribution in [2.45, 2.75) is 31.1 Å². The van der Waals surface area contributed by atoms with E-state index in [1.165, 1.54) is 17.5 Å². The number of piperidine rings is 1. The van der Waals surface area contributed by atoms with Gasteiger partial charge >= 0.3 is 5.97 Å².